The number of piperidine rings is 1. The van der Waals surface area contributed by atoms with Crippen molar-refractivity contribution in [3.63, 3.8) is 0 Å². The summed E-state index contributed by atoms with van der Waals surface area (Å²) in [5, 5.41) is 3.08. The van der Waals surface area contributed by atoms with Crippen LogP contribution in [0.5, 0.6) is 0 Å². The molecule has 2 aromatic rings. The Morgan fingerprint density at radius 3 is 2.81 bits per heavy atom. The first-order valence-electron chi connectivity index (χ1n) is 9.89. The van der Waals surface area contributed by atoms with Crippen molar-refractivity contribution in [3.8, 4) is 0 Å². The van der Waals surface area contributed by atoms with Crippen molar-refractivity contribution in [2.24, 2.45) is 7.05 Å². The maximum Gasteiger partial charge on any atom is 0.317 e. The predicted molar refractivity (Wildman–Crippen MR) is 103 cm³/mol. The van der Waals surface area contributed by atoms with Crippen molar-refractivity contribution in [2.45, 2.75) is 38.1 Å². The molecule has 1 N–H and O–H groups in total. The Hall–Kier alpha value is -2.08. The van der Waals surface area contributed by atoms with Gasteiger partial charge in [0.25, 0.3) is 0 Å². The van der Waals surface area contributed by atoms with Gasteiger partial charge in [-0.3, -0.25) is 4.90 Å². The SMILES string of the molecule is Cn1c(CCNC(=O)N2CCC(N3CCCCC3)C2)nc2ccccc21. The minimum Gasteiger partial charge on any atom is -0.338 e. The van der Waals surface area contributed by atoms with E-state index in [1.165, 1.54) is 32.4 Å². The van der Waals surface area contributed by atoms with E-state index in [-0.39, 0.29) is 6.03 Å². The van der Waals surface area contributed by atoms with Crippen molar-refractivity contribution < 1.29 is 4.79 Å². The number of aryl methyl sites for hydroxylation is 1. The summed E-state index contributed by atoms with van der Waals surface area (Å²) in [7, 11) is 2.04. The van der Waals surface area contributed by atoms with Crippen LogP contribution < -0.4 is 5.32 Å². The fourth-order valence-electron chi connectivity index (χ4n) is 4.32. The topological polar surface area (TPSA) is 53.4 Å². The molecule has 0 spiro atoms. The second-order valence-corrected chi connectivity index (χ2v) is 7.54. The molecule has 2 saturated heterocycles. The van der Waals surface area contributed by atoms with Crippen LogP contribution in [0.1, 0.15) is 31.5 Å². The number of carbonyl (C=O) groups is 1. The van der Waals surface area contributed by atoms with Gasteiger partial charge >= 0.3 is 6.03 Å². The summed E-state index contributed by atoms with van der Waals surface area (Å²) in [6.45, 7) is 4.78. The maximum absolute atomic E-state index is 12.5. The third kappa shape index (κ3) is 3.56. The number of para-hydroxylation sites is 2. The first-order chi connectivity index (χ1) is 12.7. The van der Waals surface area contributed by atoms with E-state index in [0.717, 1.165) is 42.8 Å². The van der Waals surface area contributed by atoms with Crippen LogP contribution in [0.2, 0.25) is 0 Å². The first kappa shape index (κ1) is 17.3. The van der Waals surface area contributed by atoms with E-state index in [9.17, 15) is 4.79 Å². The number of nitrogens with zero attached hydrogens (tertiary/aromatic N) is 4. The molecule has 1 unspecified atom stereocenters. The molecule has 1 atom stereocenters. The molecule has 6 nitrogen and oxygen atoms in total. The van der Waals surface area contributed by atoms with Crippen molar-refractivity contribution in [1.29, 1.82) is 0 Å². The van der Waals surface area contributed by atoms with Gasteiger partial charge < -0.3 is 14.8 Å². The molecule has 4 rings (SSSR count). The Morgan fingerprint density at radius 1 is 1.19 bits per heavy atom. The number of aromatic nitrogens is 2. The minimum atomic E-state index is 0.0725. The van der Waals surface area contributed by atoms with Crippen LogP contribution in [-0.2, 0) is 13.5 Å². The van der Waals surface area contributed by atoms with Crippen molar-refractivity contribution in [3.05, 3.63) is 30.1 Å². The molecule has 6 heteroatoms. The van der Waals surface area contributed by atoms with Gasteiger partial charge in [0.15, 0.2) is 0 Å². The molecule has 140 valence electrons. The molecule has 0 bridgehead atoms. The molecule has 0 aliphatic carbocycles. The average Bonchev–Trinajstić information content (AvgIpc) is 3.29. The highest BCUT2D eigenvalue weighted by molar-refractivity contribution is 5.76. The fraction of sp³-hybridized carbons (Fsp3) is 0.600. The number of amides is 2. The van der Waals surface area contributed by atoms with Crippen LogP contribution in [0, 0.1) is 0 Å². The summed E-state index contributed by atoms with van der Waals surface area (Å²) < 4.78 is 2.11. The number of nitrogens with one attached hydrogen (secondary N) is 1. The van der Waals surface area contributed by atoms with E-state index >= 15 is 0 Å². The van der Waals surface area contributed by atoms with Gasteiger partial charge in [0.05, 0.1) is 11.0 Å². The van der Waals surface area contributed by atoms with E-state index in [4.69, 9.17) is 0 Å². The van der Waals surface area contributed by atoms with Crippen LogP contribution in [0.3, 0.4) is 0 Å². The van der Waals surface area contributed by atoms with Crippen molar-refractivity contribution >= 4 is 17.1 Å². The highest BCUT2D eigenvalue weighted by Gasteiger charge is 2.30. The maximum atomic E-state index is 12.5. The Morgan fingerprint density at radius 2 is 2.00 bits per heavy atom. The third-order valence-corrected chi connectivity index (χ3v) is 5.86. The predicted octanol–water partition coefficient (Wildman–Crippen LogP) is 2.39. The smallest absolute Gasteiger partial charge is 0.317 e. The van der Waals surface area contributed by atoms with Gasteiger partial charge in [0, 0.05) is 39.1 Å². The zero-order valence-corrected chi connectivity index (χ0v) is 15.7. The zero-order valence-electron chi connectivity index (χ0n) is 15.7. The van der Waals surface area contributed by atoms with Crippen LogP contribution in [0.4, 0.5) is 4.79 Å². The Balaban J connectivity index is 1.27. The minimum absolute atomic E-state index is 0.0725. The van der Waals surface area contributed by atoms with E-state index in [2.05, 4.69) is 25.8 Å². The fourth-order valence-corrected chi connectivity index (χ4v) is 4.32. The summed E-state index contributed by atoms with van der Waals surface area (Å²) in [5.74, 6) is 1.01. The van der Waals surface area contributed by atoms with Gasteiger partial charge in [-0.05, 0) is 44.5 Å². The second kappa shape index (κ2) is 7.66. The van der Waals surface area contributed by atoms with Gasteiger partial charge in [-0.25, -0.2) is 9.78 Å². The Labute approximate surface area is 155 Å². The molecule has 3 heterocycles. The lowest BCUT2D eigenvalue weighted by Crippen LogP contribution is -2.44. The summed E-state index contributed by atoms with van der Waals surface area (Å²) in [6.07, 6.45) is 5.83. The lowest BCUT2D eigenvalue weighted by Gasteiger charge is -2.32. The van der Waals surface area contributed by atoms with Gasteiger partial charge in [0.2, 0.25) is 0 Å². The molecule has 26 heavy (non-hydrogen) atoms. The second-order valence-electron chi connectivity index (χ2n) is 7.54. The monoisotopic (exact) mass is 355 g/mol. The lowest BCUT2D eigenvalue weighted by atomic mass is 10.1. The van der Waals surface area contributed by atoms with E-state index in [1.54, 1.807) is 0 Å². The van der Waals surface area contributed by atoms with Crippen molar-refractivity contribution in [2.75, 3.05) is 32.7 Å². The number of fused-ring (bicyclic) bond motifs is 1. The molecule has 2 aliphatic rings. The number of carbonyl (C=O) groups excluding carboxylic acids is 1. The van der Waals surface area contributed by atoms with Crippen LogP contribution in [0.25, 0.3) is 11.0 Å². The normalized spacial score (nSPS) is 21.4. The first-order valence-corrected chi connectivity index (χ1v) is 9.89. The van der Waals surface area contributed by atoms with E-state index < -0.39 is 0 Å². The molecular formula is C20H29N5O. The number of likely N-dealkylation sites (tertiary alicyclic amines) is 2. The van der Waals surface area contributed by atoms with Gasteiger partial charge in [-0.15, -0.1) is 0 Å². The molecule has 0 saturated carbocycles. The lowest BCUT2D eigenvalue weighted by molar-refractivity contribution is 0.161. The molecule has 0 radical (unpaired) electrons. The summed E-state index contributed by atoms with van der Waals surface area (Å²) in [4.78, 5) is 21.7. The highest BCUT2D eigenvalue weighted by Crippen LogP contribution is 2.20. The van der Waals surface area contributed by atoms with Gasteiger partial charge in [0.1, 0.15) is 5.82 Å². The van der Waals surface area contributed by atoms with Crippen LogP contribution in [-0.4, -0.2) is 64.1 Å². The number of benzene rings is 1. The number of urea groups is 1. The Kier molecular flexibility index (Phi) is 5.11. The summed E-state index contributed by atoms with van der Waals surface area (Å²) in [6, 6.07) is 8.77. The summed E-state index contributed by atoms with van der Waals surface area (Å²) >= 11 is 0. The van der Waals surface area contributed by atoms with Gasteiger partial charge in [-0.2, -0.15) is 0 Å². The molecule has 2 fully saturated rings. The van der Waals surface area contributed by atoms with Crippen LogP contribution in [0.15, 0.2) is 24.3 Å². The molecule has 2 amide bonds. The number of imidazole rings is 1. The molecule has 1 aromatic heterocycles. The number of hydrogen-bond acceptors (Lipinski definition) is 3. The number of rotatable bonds is 4. The van der Waals surface area contributed by atoms with Crippen molar-refractivity contribution in [1.82, 2.24) is 24.7 Å². The standard InChI is InChI=1S/C20H29N5O/c1-23-18-8-4-3-7-17(18)22-19(23)9-11-21-20(26)25-14-10-16(15-25)24-12-5-2-6-13-24/h3-4,7-8,16H,2,5-6,9-15H2,1H3,(H,21,26). The quantitative estimate of drug-likeness (QED) is 0.916. The third-order valence-electron chi connectivity index (χ3n) is 5.86. The van der Waals surface area contributed by atoms with E-state index in [1.807, 2.05) is 30.1 Å². The summed E-state index contributed by atoms with van der Waals surface area (Å²) in [5.41, 5.74) is 2.15. The largest absolute Gasteiger partial charge is 0.338 e. The molecule has 2 aliphatic heterocycles. The van der Waals surface area contributed by atoms with Gasteiger partial charge in [-0.1, -0.05) is 18.6 Å². The van der Waals surface area contributed by atoms with Crippen LogP contribution >= 0.6 is 0 Å². The average molecular weight is 355 g/mol. The molecule has 1 aromatic carbocycles. The Bertz CT molecular complexity index is 765. The van der Waals surface area contributed by atoms with E-state index in [0.29, 0.717) is 12.6 Å². The molecular weight excluding hydrogens is 326 g/mol. The zero-order chi connectivity index (χ0) is 17.9. The highest BCUT2D eigenvalue weighted by atomic mass is 16.2. The number of hydrogen-bond donors (Lipinski definition) is 1.